The third-order valence-electron chi connectivity index (χ3n) is 2.16. The van der Waals surface area contributed by atoms with Crippen molar-refractivity contribution in [3.8, 4) is 0 Å². The highest BCUT2D eigenvalue weighted by Gasteiger charge is 2.34. The first-order valence-electron chi connectivity index (χ1n) is 4.59. The van der Waals surface area contributed by atoms with Gasteiger partial charge in [-0.2, -0.15) is 13.2 Å². The standard InChI is InChI=1S/C10H11F4NO.ClH/c11-6-1-2-7(9(15)3-4-16)8(5-6)10(12,13)14;/h1-2,5,9,16H,3-4,15H2;1H/t9-;/m0./s1. The van der Waals surface area contributed by atoms with Crippen molar-refractivity contribution in [1.29, 1.82) is 0 Å². The van der Waals surface area contributed by atoms with Gasteiger partial charge >= 0.3 is 6.18 Å². The molecule has 0 spiro atoms. The predicted octanol–water partition coefficient (Wildman–Crippen LogP) is 2.65. The van der Waals surface area contributed by atoms with Crippen molar-refractivity contribution in [2.45, 2.75) is 18.6 Å². The van der Waals surface area contributed by atoms with Crippen LogP contribution in [0.2, 0.25) is 0 Å². The summed E-state index contributed by atoms with van der Waals surface area (Å²) in [7, 11) is 0. The van der Waals surface area contributed by atoms with Crippen LogP contribution in [0.5, 0.6) is 0 Å². The number of aliphatic hydroxyl groups excluding tert-OH is 1. The summed E-state index contributed by atoms with van der Waals surface area (Å²) in [5.74, 6) is -0.965. The van der Waals surface area contributed by atoms with E-state index in [2.05, 4.69) is 0 Å². The van der Waals surface area contributed by atoms with Crippen molar-refractivity contribution in [3.05, 3.63) is 35.1 Å². The average molecular weight is 274 g/mol. The first-order valence-corrected chi connectivity index (χ1v) is 4.59. The minimum atomic E-state index is -4.65. The zero-order valence-electron chi connectivity index (χ0n) is 8.67. The molecule has 0 heterocycles. The minimum Gasteiger partial charge on any atom is -0.396 e. The Morgan fingerprint density at radius 2 is 1.88 bits per heavy atom. The van der Waals surface area contributed by atoms with Gasteiger partial charge in [-0.1, -0.05) is 6.07 Å². The molecule has 0 fully saturated rings. The lowest BCUT2D eigenvalue weighted by Crippen LogP contribution is -2.18. The van der Waals surface area contributed by atoms with Gasteiger partial charge in [0.2, 0.25) is 0 Å². The van der Waals surface area contributed by atoms with Crippen LogP contribution in [-0.4, -0.2) is 11.7 Å². The molecule has 0 radical (unpaired) electrons. The Labute approximate surface area is 102 Å². The van der Waals surface area contributed by atoms with Crippen molar-refractivity contribution in [2.24, 2.45) is 5.73 Å². The minimum absolute atomic E-state index is 0. The molecule has 2 nitrogen and oxygen atoms in total. The molecule has 0 saturated heterocycles. The largest absolute Gasteiger partial charge is 0.416 e. The maximum atomic E-state index is 12.7. The maximum Gasteiger partial charge on any atom is 0.416 e. The number of rotatable bonds is 3. The number of benzene rings is 1. The van der Waals surface area contributed by atoms with Gasteiger partial charge in [0.15, 0.2) is 0 Å². The molecule has 0 amide bonds. The Hall–Kier alpha value is -0.850. The molecule has 1 atom stereocenters. The Morgan fingerprint density at radius 3 is 2.35 bits per heavy atom. The fraction of sp³-hybridized carbons (Fsp3) is 0.400. The van der Waals surface area contributed by atoms with Crippen LogP contribution in [0.1, 0.15) is 23.6 Å². The van der Waals surface area contributed by atoms with Gasteiger partial charge in [0.05, 0.1) is 5.56 Å². The molecule has 1 aromatic carbocycles. The molecule has 98 valence electrons. The van der Waals surface area contributed by atoms with Crippen LogP contribution >= 0.6 is 12.4 Å². The van der Waals surface area contributed by atoms with Crippen molar-refractivity contribution < 1.29 is 22.7 Å². The van der Waals surface area contributed by atoms with Gasteiger partial charge in [0.25, 0.3) is 0 Å². The Balaban J connectivity index is 0.00000256. The molecule has 3 N–H and O–H groups in total. The molecule has 1 rings (SSSR count). The molecule has 7 heteroatoms. The fourth-order valence-corrected chi connectivity index (χ4v) is 1.39. The second kappa shape index (κ2) is 6.18. The number of nitrogens with two attached hydrogens (primary N) is 1. The van der Waals surface area contributed by atoms with E-state index in [0.717, 1.165) is 12.1 Å². The molecule has 0 aliphatic heterocycles. The summed E-state index contributed by atoms with van der Waals surface area (Å²) in [6, 6.07) is 1.37. The highest BCUT2D eigenvalue weighted by Crippen LogP contribution is 2.35. The first kappa shape index (κ1) is 16.1. The van der Waals surface area contributed by atoms with E-state index in [4.69, 9.17) is 10.8 Å². The Kier molecular flexibility index (Phi) is 5.87. The van der Waals surface area contributed by atoms with Gasteiger partial charge in [-0.3, -0.25) is 0 Å². The molecular formula is C10H12ClF4NO. The first-order chi connectivity index (χ1) is 7.36. The summed E-state index contributed by atoms with van der Waals surface area (Å²) >= 11 is 0. The van der Waals surface area contributed by atoms with Gasteiger partial charge in [-0.25, -0.2) is 4.39 Å². The summed E-state index contributed by atoms with van der Waals surface area (Å²) in [4.78, 5) is 0. The van der Waals surface area contributed by atoms with Crippen LogP contribution < -0.4 is 5.73 Å². The van der Waals surface area contributed by atoms with Crippen molar-refractivity contribution in [2.75, 3.05) is 6.61 Å². The van der Waals surface area contributed by atoms with E-state index in [1.54, 1.807) is 0 Å². The summed E-state index contributed by atoms with van der Waals surface area (Å²) in [5, 5.41) is 8.61. The number of hydrogen-bond donors (Lipinski definition) is 2. The summed E-state index contributed by atoms with van der Waals surface area (Å²) < 4.78 is 50.4. The topological polar surface area (TPSA) is 46.2 Å². The van der Waals surface area contributed by atoms with Gasteiger partial charge < -0.3 is 10.8 Å². The molecule has 17 heavy (non-hydrogen) atoms. The molecule has 0 saturated carbocycles. The molecule has 0 unspecified atom stereocenters. The lowest BCUT2D eigenvalue weighted by atomic mass is 9.98. The van der Waals surface area contributed by atoms with Crippen LogP contribution in [0, 0.1) is 5.82 Å². The maximum absolute atomic E-state index is 12.7. The molecule has 1 aromatic rings. The van der Waals surface area contributed by atoms with Crippen molar-refractivity contribution >= 4 is 12.4 Å². The van der Waals surface area contributed by atoms with E-state index < -0.39 is 23.6 Å². The summed E-state index contributed by atoms with van der Waals surface area (Å²) in [6.07, 6.45) is -4.65. The molecule has 0 aliphatic rings. The number of hydrogen-bond acceptors (Lipinski definition) is 2. The lowest BCUT2D eigenvalue weighted by molar-refractivity contribution is -0.138. The quantitative estimate of drug-likeness (QED) is 0.832. The third-order valence-corrected chi connectivity index (χ3v) is 2.16. The van der Waals surface area contributed by atoms with Crippen LogP contribution in [0.4, 0.5) is 17.6 Å². The molecule has 0 bridgehead atoms. The second-order valence-corrected chi connectivity index (χ2v) is 3.35. The smallest absolute Gasteiger partial charge is 0.396 e. The highest BCUT2D eigenvalue weighted by atomic mass is 35.5. The van der Waals surface area contributed by atoms with Gasteiger partial charge in [0, 0.05) is 12.6 Å². The number of aliphatic hydroxyl groups is 1. The van der Waals surface area contributed by atoms with Crippen LogP contribution in [0.3, 0.4) is 0 Å². The second-order valence-electron chi connectivity index (χ2n) is 3.35. The van der Waals surface area contributed by atoms with E-state index in [1.165, 1.54) is 0 Å². The van der Waals surface area contributed by atoms with Crippen LogP contribution in [-0.2, 0) is 6.18 Å². The van der Waals surface area contributed by atoms with E-state index >= 15 is 0 Å². The summed E-state index contributed by atoms with van der Waals surface area (Å²) in [6.45, 7) is -0.324. The van der Waals surface area contributed by atoms with Crippen molar-refractivity contribution in [3.63, 3.8) is 0 Å². The predicted molar refractivity (Wildman–Crippen MR) is 57.3 cm³/mol. The SMILES string of the molecule is Cl.N[C@@H](CCO)c1ccc(F)cc1C(F)(F)F. The van der Waals surface area contributed by atoms with Crippen molar-refractivity contribution in [1.82, 2.24) is 0 Å². The fourth-order valence-electron chi connectivity index (χ4n) is 1.39. The van der Waals surface area contributed by atoms with Gasteiger partial charge in [0.1, 0.15) is 5.82 Å². The molecular weight excluding hydrogens is 262 g/mol. The Bertz CT molecular complexity index is 370. The van der Waals surface area contributed by atoms with E-state index in [1.807, 2.05) is 0 Å². The van der Waals surface area contributed by atoms with Crippen LogP contribution in [0.25, 0.3) is 0 Å². The molecule has 0 aromatic heterocycles. The van der Waals surface area contributed by atoms with E-state index in [9.17, 15) is 17.6 Å². The van der Waals surface area contributed by atoms with E-state index in [0.29, 0.717) is 6.07 Å². The zero-order chi connectivity index (χ0) is 12.3. The lowest BCUT2D eigenvalue weighted by Gasteiger charge is -2.17. The number of halogens is 5. The number of alkyl halides is 3. The zero-order valence-corrected chi connectivity index (χ0v) is 9.48. The summed E-state index contributed by atoms with van der Waals surface area (Å²) in [5.41, 5.74) is 4.18. The van der Waals surface area contributed by atoms with Crippen LogP contribution in [0.15, 0.2) is 18.2 Å². The van der Waals surface area contributed by atoms with E-state index in [-0.39, 0.29) is 31.0 Å². The molecule has 0 aliphatic carbocycles. The van der Waals surface area contributed by atoms with Gasteiger partial charge in [-0.15, -0.1) is 12.4 Å². The average Bonchev–Trinajstić information content (AvgIpc) is 2.16. The third kappa shape index (κ3) is 4.14. The Morgan fingerprint density at radius 1 is 1.29 bits per heavy atom. The van der Waals surface area contributed by atoms with Gasteiger partial charge in [-0.05, 0) is 24.1 Å². The normalized spacial score (nSPS) is 13.1. The highest BCUT2D eigenvalue weighted by molar-refractivity contribution is 5.85. The monoisotopic (exact) mass is 273 g/mol.